The summed E-state index contributed by atoms with van der Waals surface area (Å²) in [6.45, 7) is 2.28. The second-order valence-corrected chi connectivity index (χ2v) is 6.42. The molecule has 2 rings (SSSR count). The summed E-state index contributed by atoms with van der Waals surface area (Å²) in [6.07, 6.45) is 17.1. The molecule has 0 N–H and O–H groups in total. The van der Waals surface area contributed by atoms with E-state index in [1.165, 1.54) is 87.1 Å². The first-order chi connectivity index (χ1) is 10.9. The van der Waals surface area contributed by atoms with Crippen LogP contribution in [-0.4, -0.2) is 4.98 Å². The highest BCUT2D eigenvalue weighted by Crippen LogP contribution is 2.18. The van der Waals surface area contributed by atoms with Crippen molar-refractivity contribution in [3.63, 3.8) is 0 Å². The Morgan fingerprint density at radius 2 is 1.36 bits per heavy atom. The van der Waals surface area contributed by atoms with Crippen molar-refractivity contribution < 1.29 is 0 Å². The molecule has 1 aromatic carbocycles. The SMILES string of the molecule is CCCCCCCCCCCCc1cccc2cccnc12. The van der Waals surface area contributed by atoms with Gasteiger partial charge < -0.3 is 0 Å². The lowest BCUT2D eigenvalue weighted by molar-refractivity contribution is 0.556. The summed E-state index contributed by atoms with van der Waals surface area (Å²) in [5.74, 6) is 0. The van der Waals surface area contributed by atoms with Gasteiger partial charge in [0.1, 0.15) is 0 Å². The van der Waals surface area contributed by atoms with Crippen LogP contribution in [0.1, 0.15) is 76.7 Å². The molecule has 0 atom stereocenters. The Hall–Kier alpha value is -1.37. The van der Waals surface area contributed by atoms with Crippen molar-refractivity contribution in [2.24, 2.45) is 0 Å². The van der Waals surface area contributed by atoms with Crippen LogP contribution in [0.5, 0.6) is 0 Å². The molecule has 22 heavy (non-hydrogen) atoms. The normalized spacial score (nSPS) is 11.1. The fraction of sp³-hybridized carbons (Fsp3) is 0.571. The molecule has 0 amide bonds. The monoisotopic (exact) mass is 297 g/mol. The zero-order valence-corrected chi connectivity index (χ0v) is 14.2. The van der Waals surface area contributed by atoms with Gasteiger partial charge in [-0.1, -0.05) is 89.0 Å². The van der Waals surface area contributed by atoms with E-state index in [1.807, 2.05) is 12.3 Å². The third-order valence-electron chi connectivity index (χ3n) is 4.52. The summed E-state index contributed by atoms with van der Waals surface area (Å²) in [6, 6.07) is 10.7. The average Bonchev–Trinajstić information content (AvgIpc) is 2.56. The van der Waals surface area contributed by atoms with Gasteiger partial charge in [-0.05, 0) is 24.5 Å². The Bertz CT molecular complexity index is 527. The number of para-hydroxylation sites is 1. The number of unbranched alkanes of at least 4 members (excludes halogenated alkanes) is 9. The summed E-state index contributed by atoms with van der Waals surface area (Å²) in [5, 5.41) is 1.27. The maximum absolute atomic E-state index is 4.55. The minimum atomic E-state index is 1.17. The van der Waals surface area contributed by atoms with Crippen molar-refractivity contribution in [3.05, 3.63) is 42.1 Å². The number of rotatable bonds is 11. The molecule has 0 aliphatic heterocycles. The van der Waals surface area contributed by atoms with Gasteiger partial charge in [0.15, 0.2) is 0 Å². The number of hydrogen-bond acceptors (Lipinski definition) is 1. The highest BCUT2D eigenvalue weighted by atomic mass is 14.6. The molecule has 0 fully saturated rings. The number of aromatic nitrogens is 1. The van der Waals surface area contributed by atoms with Crippen molar-refractivity contribution in [1.29, 1.82) is 0 Å². The third kappa shape index (κ3) is 5.79. The van der Waals surface area contributed by atoms with Crippen LogP contribution in [0.25, 0.3) is 10.9 Å². The van der Waals surface area contributed by atoms with Crippen LogP contribution in [0.4, 0.5) is 0 Å². The molecule has 0 aliphatic rings. The van der Waals surface area contributed by atoms with E-state index in [2.05, 4.69) is 36.2 Å². The molecule has 120 valence electrons. The van der Waals surface area contributed by atoms with Crippen molar-refractivity contribution in [1.82, 2.24) is 4.98 Å². The molecule has 0 aliphatic carbocycles. The highest BCUT2D eigenvalue weighted by molar-refractivity contribution is 5.81. The lowest BCUT2D eigenvalue weighted by Crippen LogP contribution is -1.90. The average molecular weight is 297 g/mol. The van der Waals surface area contributed by atoms with E-state index in [0.29, 0.717) is 0 Å². The molecular formula is C21H31N. The van der Waals surface area contributed by atoms with Crippen LogP contribution in [-0.2, 0) is 6.42 Å². The lowest BCUT2D eigenvalue weighted by atomic mass is 10.0. The topological polar surface area (TPSA) is 12.9 Å². The van der Waals surface area contributed by atoms with E-state index in [0.717, 1.165) is 0 Å². The van der Waals surface area contributed by atoms with Crippen LogP contribution < -0.4 is 0 Å². The fourth-order valence-electron chi connectivity index (χ4n) is 3.17. The molecule has 1 heterocycles. The second kappa shape index (κ2) is 10.4. The smallest absolute Gasteiger partial charge is 0.0733 e. The lowest BCUT2D eigenvalue weighted by Gasteiger charge is -2.06. The van der Waals surface area contributed by atoms with Gasteiger partial charge in [-0.3, -0.25) is 4.98 Å². The Morgan fingerprint density at radius 1 is 0.727 bits per heavy atom. The number of hydrogen-bond donors (Lipinski definition) is 0. The molecule has 1 nitrogen and oxygen atoms in total. The predicted octanol–water partition coefficient (Wildman–Crippen LogP) is 6.70. The van der Waals surface area contributed by atoms with E-state index < -0.39 is 0 Å². The molecule has 0 saturated heterocycles. The summed E-state index contributed by atoms with van der Waals surface area (Å²) in [5.41, 5.74) is 2.61. The quantitative estimate of drug-likeness (QED) is 0.421. The Balaban J connectivity index is 1.59. The Kier molecular flexibility index (Phi) is 8.01. The zero-order valence-electron chi connectivity index (χ0n) is 14.2. The molecule has 0 unspecified atom stereocenters. The van der Waals surface area contributed by atoms with Crippen LogP contribution in [0.3, 0.4) is 0 Å². The molecule has 0 bridgehead atoms. The van der Waals surface area contributed by atoms with E-state index in [9.17, 15) is 0 Å². The van der Waals surface area contributed by atoms with E-state index in [4.69, 9.17) is 0 Å². The van der Waals surface area contributed by atoms with Crippen LogP contribution in [0.15, 0.2) is 36.5 Å². The third-order valence-corrected chi connectivity index (χ3v) is 4.52. The summed E-state index contributed by atoms with van der Waals surface area (Å²) < 4.78 is 0. The zero-order chi connectivity index (χ0) is 15.5. The van der Waals surface area contributed by atoms with Gasteiger partial charge in [0, 0.05) is 11.6 Å². The number of pyridine rings is 1. The van der Waals surface area contributed by atoms with E-state index in [-0.39, 0.29) is 0 Å². The van der Waals surface area contributed by atoms with Gasteiger partial charge in [-0.25, -0.2) is 0 Å². The summed E-state index contributed by atoms with van der Waals surface area (Å²) >= 11 is 0. The van der Waals surface area contributed by atoms with Gasteiger partial charge in [-0.15, -0.1) is 0 Å². The molecule has 1 heteroatoms. The van der Waals surface area contributed by atoms with Crippen LogP contribution >= 0.6 is 0 Å². The first-order valence-corrected chi connectivity index (χ1v) is 9.24. The minimum absolute atomic E-state index is 1.17. The van der Waals surface area contributed by atoms with Gasteiger partial charge in [0.2, 0.25) is 0 Å². The number of aryl methyl sites for hydroxylation is 1. The molecule has 0 spiro atoms. The predicted molar refractivity (Wildman–Crippen MR) is 97.3 cm³/mol. The first-order valence-electron chi connectivity index (χ1n) is 9.24. The van der Waals surface area contributed by atoms with Crippen molar-refractivity contribution in [2.75, 3.05) is 0 Å². The summed E-state index contributed by atoms with van der Waals surface area (Å²) in [4.78, 5) is 4.55. The second-order valence-electron chi connectivity index (χ2n) is 6.42. The number of benzene rings is 1. The van der Waals surface area contributed by atoms with Crippen LogP contribution in [0, 0.1) is 0 Å². The van der Waals surface area contributed by atoms with Gasteiger partial charge >= 0.3 is 0 Å². The number of fused-ring (bicyclic) bond motifs is 1. The Morgan fingerprint density at radius 3 is 2.09 bits per heavy atom. The van der Waals surface area contributed by atoms with Gasteiger partial charge in [0.25, 0.3) is 0 Å². The maximum atomic E-state index is 4.55. The van der Waals surface area contributed by atoms with Gasteiger partial charge in [-0.2, -0.15) is 0 Å². The Labute approximate surface area is 136 Å². The van der Waals surface area contributed by atoms with Crippen molar-refractivity contribution in [3.8, 4) is 0 Å². The van der Waals surface area contributed by atoms with Crippen LogP contribution in [0.2, 0.25) is 0 Å². The molecular weight excluding hydrogens is 266 g/mol. The van der Waals surface area contributed by atoms with E-state index in [1.54, 1.807) is 0 Å². The highest BCUT2D eigenvalue weighted by Gasteiger charge is 2.01. The van der Waals surface area contributed by atoms with Gasteiger partial charge in [0.05, 0.1) is 5.52 Å². The van der Waals surface area contributed by atoms with E-state index >= 15 is 0 Å². The molecule has 2 aromatic rings. The maximum Gasteiger partial charge on any atom is 0.0733 e. The van der Waals surface area contributed by atoms with Crippen molar-refractivity contribution >= 4 is 10.9 Å². The standard InChI is InChI=1S/C21H31N/c1-2-3-4-5-6-7-8-9-10-11-14-19-15-12-16-20-17-13-18-22-21(19)20/h12-13,15-18H,2-11,14H2,1H3. The minimum Gasteiger partial charge on any atom is -0.256 e. The number of nitrogens with zero attached hydrogens (tertiary/aromatic N) is 1. The molecule has 0 saturated carbocycles. The molecule has 0 radical (unpaired) electrons. The fourth-order valence-corrected chi connectivity index (χ4v) is 3.17. The first kappa shape index (κ1) is 17.0. The van der Waals surface area contributed by atoms with Crippen molar-refractivity contribution in [2.45, 2.75) is 77.6 Å². The largest absolute Gasteiger partial charge is 0.256 e. The molecule has 1 aromatic heterocycles. The summed E-state index contributed by atoms with van der Waals surface area (Å²) in [7, 11) is 0.